The monoisotopic (exact) mass is 275 g/mol. The van der Waals surface area contributed by atoms with Gasteiger partial charge >= 0.3 is 0 Å². The Kier molecular flexibility index (Phi) is 3.92. The van der Waals surface area contributed by atoms with Crippen LogP contribution in [0.1, 0.15) is 16.7 Å². The highest BCUT2D eigenvalue weighted by Crippen LogP contribution is 2.28. The zero-order valence-electron chi connectivity index (χ0n) is 8.67. The van der Waals surface area contributed by atoms with E-state index in [2.05, 4.69) is 5.32 Å². The fraction of sp³-hybridized carbons (Fsp3) is 0.273. The number of hydrogen-bond acceptors (Lipinski definition) is 3. The van der Waals surface area contributed by atoms with Gasteiger partial charge in [-0.3, -0.25) is 0 Å². The molecule has 0 aromatic carbocycles. The molecule has 2 heterocycles. The molecule has 0 saturated carbocycles. The van der Waals surface area contributed by atoms with Crippen molar-refractivity contribution in [1.82, 2.24) is 5.32 Å². The van der Waals surface area contributed by atoms with Gasteiger partial charge in [0.2, 0.25) is 0 Å². The minimum absolute atomic E-state index is 0.127. The van der Waals surface area contributed by atoms with E-state index < -0.39 is 0 Å². The maximum absolute atomic E-state index is 5.89. The SMILES string of the molecule is CNC(Cc1ccc(Cl)s1)c1ccc(Cl)o1. The van der Waals surface area contributed by atoms with E-state index in [1.54, 1.807) is 17.4 Å². The van der Waals surface area contributed by atoms with E-state index in [0.29, 0.717) is 5.22 Å². The second kappa shape index (κ2) is 5.23. The number of likely N-dealkylation sites (N-methyl/N-ethyl adjacent to an activating group) is 1. The molecule has 2 rings (SSSR count). The van der Waals surface area contributed by atoms with Crippen LogP contribution in [-0.2, 0) is 6.42 Å². The summed E-state index contributed by atoms with van der Waals surface area (Å²) in [4.78, 5) is 1.22. The van der Waals surface area contributed by atoms with Crippen LogP contribution in [-0.4, -0.2) is 7.05 Å². The Morgan fingerprint density at radius 1 is 1.31 bits per heavy atom. The lowest BCUT2D eigenvalue weighted by Crippen LogP contribution is -2.17. The molecule has 0 spiro atoms. The lowest BCUT2D eigenvalue weighted by molar-refractivity contribution is 0.432. The Balaban J connectivity index is 2.12. The lowest BCUT2D eigenvalue weighted by Gasteiger charge is -2.11. The van der Waals surface area contributed by atoms with Crippen molar-refractivity contribution in [3.05, 3.63) is 44.5 Å². The van der Waals surface area contributed by atoms with Crippen molar-refractivity contribution in [2.75, 3.05) is 7.05 Å². The minimum Gasteiger partial charge on any atom is -0.448 e. The van der Waals surface area contributed by atoms with E-state index in [1.165, 1.54) is 4.88 Å². The molecule has 1 N–H and O–H groups in total. The van der Waals surface area contributed by atoms with Gasteiger partial charge in [-0.25, -0.2) is 0 Å². The van der Waals surface area contributed by atoms with Crippen molar-refractivity contribution in [3.8, 4) is 0 Å². The Morgan fingerprint density at radius 2 is 2.12 bits per heavy atom. The molecule has 2 aromatic heterocycles. The molecule has 2 aromatic rings. The lowest BCUT2D eigenvalue weighted by atomic mass is 10.1. The fourth-order valence-electron chi connectivity index (χ4n) is 1.52. The van der Waals surface area contributed by atoms with Crippen LogP contribution in [0.4, 0.5) is 0 Å². The molecule has 2 nitrogen and oxygen atoms in total. The van der Waals surface area contributed by atoms with Crippen LogP contribution in [0.2, 0.25) is 9.56 Å². The fourth-order valence-corrected chi connectivity index (χ4v) is 2.81. The summed E-state index contributed by atoms with van der Waals surface area (Å²) in [6, 6.07) is 7.70. The first-order chi connectivity index (χ1) is 7.69. The summed E-state index contributed by atoms with van der Waals surface area (Å²) in [5.74, 6) is 0.844. The maximum Gasteiger partial charge on any atom is 0.193 e. The number of nitrogens with one attached hydrogen (secondary N) is 1. The third kappa shape index (κ3) is 2.80. The minimum atomic E-state index is 0.127. The van der Waals surface area contributed by atoms with Crippen LogP contribution in [0, 0.1) is 0 Å². The van der Waals surface area contributed by atoms with E-state index in [1.807, 2.05) is 25.2 Å². The maximum atomic E-state index is 5.89. The number of thiophene rings is 1. The van der Waals surface area contributed by atoms with Gasteiger partial charge in [-0.15, -0.1) is 11.3 Å². The molecule has 0 fully saturated rings. The molecule has 0 aliphatic heterocycles. The third-order valence-corrected chi connectivity index (χ3v) is 3.78. The number of halogens is 2. The van der Waals surface area contributed by atoms with Crippen molar-refractivity contribution in [2.45, 2.75) is 12.5 Å². The second-order valence-corrected chi connectivity index (χ2v) is 5.57. The van der Waals surface area contributed by atoms with Gasteiger partial charge in [0.05, 0.1) is 10.4 Å². The van der Waals surface area contributed by atoms with E-state index in [9.17, 15) is 0 Å². The summed E-state index contributed by atoms with van der Waals surface area (Å²) in [5.41, 5.74) is 0. The normalized spacial score (nSPS) is 12.9. The Hall–Kier alpha value is -0.480. The molecular weight excluding hydrogens is 265 g/mol. The summed E-state index contributed by atoms with van der Waals surface area (Å²) in [5, 5.41) is 3.62. The molecule has 5 heteroatoms. The molecule has 0 saturated heterocycles. The largest absolute Gasteiger partial charge is 0.448 e. The topological polar surface area (TPSA) is 25.2 Å². The van der Waals surface area contributed by atoms with Gasteiger partial charge < -0.3 is 9.73 Å². The van der Waals surface area contributed by atoms with E-state index >= 15 is 0 Å². The van der Waals surface area contributed by atoms with Gasteiger partial charge in [-0.1, -0.05) is 11.6 Å². The molecule has 0 radical (unpaired) electrons. The van der Waals surface area contributed by atoms with Gasteiger partial charge in [0, 0.05) is 11.3 Å². The highest BCUT2D eigenvalue weighted by Gasteiger charge is 2.15. The van der Waals surface area contributed by atoms with Crippen molar-refractivity contribution < 1.29 is 4.42 Å². The Morgan fingerprint density at radius 3 is 2.62 bits per heavy atom. The molecule has 0 aliphatic rings. The molecular formula is C11H11Cl2NOS. The van der Waals surface area contributed by atoms with E-state index in [-0.39, 0.29) is 6.04 Å². The van der Waals surface area contributed by atoms with Gasteiger partial charge in [0.25, 0.3) is 0 Å². The molecule has 0 amide bonds. The van der Waals surface area contributed by atoms with Crippen LogP contribution in [0.25, 0.3) is 0 Å². The predicted molar refractivity (Wildman–Crippen MR) is 68.6 cm³/mol. The van der Waals surface area contributed by atoms with Crippen molar-refractivity contribution in [3.63, 3.8) is 0 Å². The molecule has 16 heavy (non-hydrogen) atoms. The molecule has 1 unspecified atom stereocenters. The number of hydrogen-bond donors (Lipinski definition) is 1. The van der Waals surface area contributed by atoms with Crippen LogP contribution >= 0.6 is 34.5 Å². The molecule has 1 atom stereocenters. The van der Waals surface area contributed by atoms with Crippen molar-refractivity contribution >= 4 is 34.5 Å². The predicted octanol–water partition coefficient (Wildman–Crippen LogP) is 4.15. The van der Waals surface area contributed by atoms with E-state index in [0.717, 1.165) is 16.5 Å². The van der Waals surface area contributed by atoms with Gasteiger partial charge in [-0.05, 0) is 42.9 Å². The van der Waals surface area contributed by atoms with Gasteiger partial charge in [0.1, 0.15) is 5.76 Å². The van der Waals surface area contributed by atoms with Crippen LogP contribution in [0.5, 0.6) is 0 Å². The van der Waals surface area contributed by atoms with Crippen LogP contribution in [0.15, 0.2) is 28.7 Å². The zero-order chi connectivity index (χ0) is 11.5. The number of furan rings is 1. The van der Waals surface area contributed by atoms with Gasteiger partial charge in [-0.2, -0.15) is 0 Å². The molecule has 0 bridgehead atoms. The average molecular weight is 276 g/mol. The summed E-state index contributed by atoms with van der Waals surface area (Å²) < 4.78 is 6.20. The quantitative estimate of drug-likeness (QED) is 0.907. The first kappa shape index (κ1) is 12.0. The Labute approximate surface area is 108 Å². The molecule has 86 valence electrons. The van der Waals surface area contributed by atoms with Gasteiger partial charge in [0.15, 0.2) is 5.22 Å². The van der Waals surface area contributed by atoms with Crippen LogP contribution in [0.3, 0.4) is 0 Å². The van der Waals surface area contributed by atoms with Crippen molar-refractivity contribution in [1.29, 1.82) is 0 Å². The summed E-state index contributed by atoms with van der Waals surface area (Å²) in [6.45, 7) is 0. The summed E-state index contributed by atoms with van der Waals surface area (Å²) in [6.07, 6.45) is 0.845. The highest BCUT2D eigenvalue weighted by atomic mass is 35.5. The Bertz CT molecular complexity index is 466. The smallest absolute Gasteiger partial charge is 0.193 e. The second-order valence-electron chi connectivity index (χ2n) is 3.39. The summed E-state index contributed by atoms with van der Waals surface area (Å²) in [7, 11) is 1.90. The first-order valence-electron chi connectivity index (χ1n) is 4.85. The first-order valence-corrected chi connectivity index (χ1v) is 6.43. The molecule has 0 aliphatic carbocycles. The van der Waals surface area contributed by atoms with Crippen LogP contribution < -0.4 is 5.32 Å². The standard InChI is InChI=1S/C11H11Cl2NOS/c1-14-8(9-3-4-10(12)15-9)6-7-2-5-11(13)16-7/h2-5,8,14H,6H2,1H3. The summed E-state index contributed by atoms with van der Waals surface area (Å²) >= 11 is 13.2. The zero-order valence-corrected chi connectivity index (χ0v) is 11.0. The number of rotatable bonds is 4. The highest BCUT2D eigenvalue weighted by molar-refractivity contribution is 7.16. The average Bonchev–Trinajstić information content (AvgIpc) is 2.84. The van der Waals surface area contributed by atoms with E-state index in [4.69, 9.17) is 27.6 Å². The third-order valence-electron chi connectivity index (χ3n) is 2.32. The van der Waals surface area contributed by atoms with Crippen molar-refractivity contribution in [2.24, 2.45) is 0 Å².